The van der Waals surface area contributed by atoms with Crippen LogP contribution in [0.5, 0.6) is 0 Å². The number of anilines is 2. The Morgan fingerprint density at radius 1 is 1.19 bits per heavy atom. The number of hydrogen-bond donors (Lipinski definition) is 2. The van der Waals surface area contributed by atoms with Gasteiger partial charge in [0.2, 0.25) is 5.28 Å². The zero-order chi connectivity index (χ0) is 25.7. The fourth-order valence-electron chi connectivity index (χ4n) is 5.54. The molecule has 194 valence electrons. The Labute approximate surface area is 212 Å². The highest BCUT2D eigenvalue weighted by atomic mass is 35.5. The van der Waals surface area contributed by atoms with Crippen molar-refractivity contribution in [3.8, 4) is 0 Å². The van der Waals surface area contributed by atoms with Crippen molar-refractivity contribution in [3.63, 3.8) is 0 Å². The normalized spacial score (nSPS) is 20.0. The molecule has 8 nitrogen and oxygen atoms in total. The molecule has 1 spiro atoms. The van der Waals surface area contributed by atoms with Crippen molar-refractivity contribution >= 4 is 29.1 Å². The van der Waals surface area contributed by atoms with Crippen LogP contribution in [0.25, 0.3) is 0 Å². The van der Waals surface area contributed by atoms with Crippen molar-refractivity contribution in [3.05, 3.63) is 45.9 Å². The second-order valence-electron chi connectivity index (χ2n) is 9.75. The maximum atomic E-state index is 13.6. The van der Waals surface area contributed by atoms with Gasteiger partial charge in [0.25, 0.3) is 0 Å². The lowest BCUT2D eigenvalue weighted by Crippen LogP contribution is -2.54. The second-order valence-corrected chi connectivity index (χ2v) is 10.1. The number of halogens is 4. The molecule has 4 heterocycles. The van der Waals surface area contributed by atoms with Gasteiger partial charge >= 0.3 is 12.2 Å². The van der Waals surface area contributed by atoms with Gasteiger partial charge in [-0.15, -0.1) is 0 Å². The number of ether oxygens (including phenoxy) is 1. The van der Waals surface area contributed by atoms with Crippen molar-refractivity contribution < 1.29 is 22.7 Å². The van der Waals surface area contributed by atoms with Crippen LogP contribution in [0.2, 0.25) is 5.28 Å². The SMILES string of the molecule is C[C@@H](Nc1nc(Cl)nc2c1CN(C(=O)N1CCCC13CCOCC3)C2)c1cc(N)cc(C(F)(F)F)c1. The van der Waals surface area contributed by atoms with Crippen molar-refractivity contribution in [2.75, 3.05) is 30.8 Å². The predicted molar refractivity (Wildman–Crippen MR) is 128 cm³/mol. The molecular weight excluding hydrogens is 497 g/mol. The van der Waals surface area contributed by atoms with Crippen LogP contribution in [0.1, 0.15) is 61.0 Å². The van der Waals surface area contributed by atoms with E-state index in [4.69, 9.17) is 22.1 Å². The molecule has 5 rings (SSSR count). The summed E-state index contributed by atoms with van der Waals surface area (Å²) >= 11 is 6.18. The van der Waals surface area contributed by atoms with Gasteiger partial charge in [0.15, 0.2) is 0 Å². The van der Waals surface area contributed by atoms with Gasteiger partial charge in [-0.1, -0.05) is 0 Å². The highest BCUT2D eigenvalue weighted by Crippen LogP contribution is 2.40. The van der Waals surface area contributed by atoms with E-state index in [2.05, 4.69) is 15.3 Å². The number of carbonyl (C=O) groups excluding carboxylic acids is 1. The smallest absolute Gasteiger partial charge is 0.399 e. The number of aromatic nitrogens is 2. The quantitative estimate of drug-likeness (QED) is 0.434. The van der Waals surface area contributed by atoms with Gasteiger partial charge in [-0.3, -0.25) is 0 Å². The zero-order valence-corrected chi connectivity index (χ0v) is 20.6. The molecule has 0 bridgehead atoms. The molecule has 0 saturated carbocycles. The number of urea groups is 1. The van der Waals surface area contributed by atoms with Crippen LogP contribution < -0.4 is 11.1 Å². The van der Waals surface area contributed by atoms with E-state index in [1.165, 1.54) is 6.07 Å². The third-order valence-electron chi connectivity index (χ3n) is 7.43. The molecular formula is C24H28ClF3N6O2. The van der Waals surface area contributed by atoms with Crippen LogP contribution >= 0.6 is 11.6 Å². The van der Waals surface area contributed by atoms with Gasteiger partial charge in [0.1, 0.15) is 5.82 Å². The number of alkyl halides is 3. The molecule has 12 heteroatoms. The maximum absolute atomic E-state index is 13.6. The largest absolute Gasteiger partial charge is 0.416 e. The van der Waals surface area contributed by atoms with Gasteiger partial charge in [-0.25, -0.2) is 14.8 Å². The number of nitrogens with one attached hydrogen (secondary N) is 1. The second kappa shape index (κ2) is 9.26. The average molecular weight is 525 g/mol. The minimum Gasteiger partial charge on any atom is -0.399 e. The molecule has 2 amide bonds. The molecule has 2 saturated heterocycles. The van der Waals surface area contributed by atoms with Crippen molar-refractivity contribution in [2.24, 2.45) is 0 Å². The Bertz CT molecular complexity index is 1170. The first-order valence-corrected chi connectivity index (χ1v) is 12.4. The summed E-state index contributed by atoms with van der Waals surface area (Å²) < 4.78 is 45.4. The first-order chi connectivity index (χ1) is 17.1. The van der Waals surface area contributed by atoms with Crippen LogP contribution in [0.4, 0.5) is 29.5 Å². The minimum atomic E-state index is -4.51. The summed E-state index contributed by atoms with van der Waals surface area (Å²) in [6, 6.07) is 2.86. The zero-order valence-electron chi connectivity index (χ0n) is 19.9. The molecule has 36 heavy (non-hydrogen) atoms. The van der Waals surface area contributed by atoms with Gasteiger partial charge in [-0.05, 0) is 68.0 Å². The van der Waals surface area contributed by atoms with E-state index < -0.39 is 17.8 Å². The number of carbonyl (C=O) groups is 1. The van der Waals surface area contributed by atoms with E-state index in [9.17, 15) is 18.0 Å². The van der Waals surface area contributed by atoms with E-state index in [0.29, 0.717) is 48.9 Å². The van der Waals surface area contributed by atoms with Gasteiger partial charge in [-0.2, -0.15) is 13.2 Å². The Balaban J connectivity index is 1.36. The monoisotopic (exact) mass is 524 g/mol. The minimum absolute atomic E-state index is 0.00313. The number of benzene rings is 1. The summed E-state index contributed by atoms with van der Waals surface area (Å²) in [5.74, 6) is 0.394. The topological polar surface area (TPSA) is 96.6 Å². The van der Waals surface area contributed by atoms with Crippen LogP contribution in [0, 0.1) is 0 Å². The van der Waals surface area contributed by atoms with Crippen LogP contribution in [0.3, 0.4) is 0 Å². The predicted octanol–water partition coefficient (Wildman–Crippen LogP) is 4.98. The Hall–Kier alpha value is -2.79. The summed E-state index contributed by atoms with van der Waals surface area (Å²) in [7, 11) is 0. The molecule has 0 radical (unpaired) electrons. The van der Waals surface area contributed by atoms with E-state index >= 15 is 0 Å². The van der Waals surface area contributed by atoms with E-state index in [-0.39, 0.29) is 29.1 Å². The highest BCUT2D eigenvalue weighted by Gasteiger charge is 2.46. The summed E-state index contributed by atoms with van der Waals surface area (Å²) in [6.07, 6.45) is -0.922. The Morgan fingerprint density at radius 2 is 1.94 bits per heavy atom. The lowest BCUT2D eigenvalue weighted by molar-refractivity contribution is -0.137. The van der Waals surface area contributed by atoms with E-state index in [0.717, 1.165) is 37.8 Å². The van der Waals surface area contributed by atoms with Crippen LogP contribution in [-0.2, 0) is 24.0 Å². The van der Waals surface area contributed by atoms with Gasteiger partial charge < -0.3 is 25.6 Å². The fourth-order valence-corrected chi connectivity index (χ4v) is 5.72. The first-order valence-electron chi connectivity index (χ1n) is 12.0. The van der Waals surface area contributed by atoms with Gasteiger partial charge in [0.05, 0.1) is 30.4 Å². The first kappa shape index (κ1) is 24.9. The number of amides is 2. The number of nitrogen functional groups attached to an aromatic ring is 1. The Kier molecular flexibility index (Phi) is 6.40. The Morgan fingerprint density at radius 3 is 2.67 bits per heavy atom. The third-order valence-corrected chi connectivity index (χ3v) is 7.60. The molecule has 0 unspecified atom stereocenters. The lowest BCUT2D eigenvalue weighted by atomic mass is 9.87. The van der Waals surface area contributed by atoms with Crippen molar-refractivity contribution in [2.45, 2.75) is 63.5 Å². The van der Waals surface area contributed by atoms with Gasteiger partial charge in [0, 0.05) is 36.5 Å². The van der Waals surface area contributed by atoms with E-state index in [1.54, 1.807) is 11.8 Å². The van der Waals surface area contributed by atoms with Crippen molar-refractivity contribution in [1.29, 1.82) is 0 Å². The lowest BCUT2D eigenvalue weighted by Gasteiger charge is -2.42. The number of nitrogens with zero attached hydrogens (tertiary/aromatic N) is 4. The number of nitrogens with two attached hydrogens (primary N) is 1. The number of rotatable bonds is 3. The number of fused-ring (bicyclic) bond motifs is 1. The highest BCUT2D eigenvalue weighted by molar-refractivity contribution is 6.28. The molecule has 1 aromatic carbocycles. The summed E-state index contributed by atoms with van der Waals surface area (Å²) in [5.41, 5.74) is 6.47. The summed E-state index contributed by atoms with van der Waals surface area (Å²) in [6.45, 7) is 4.30. The summed E-state index contributed by atoms with van der Waals surface area (Å²) in [5, 5.41) is 3.17. The average Bonchev–Trinajstić information content (AvgIpc) is 3.42. The fraction of sp³-hybridized carbons (Fsp3) is 0.542. The van der Waals surface area contributed by atoms with E-state index in [1.807, 2.05) is 4.90 Å². The molecule has 3 aliphatic heterocycles. The third kappa shape index (κ3) is 4.66. The standard InChI is InChI=1S/C24H28ClF3N6O2/c1-14(15-9-16(24(26,27)28)11-17(29)10-15)30-20-18-12-33(13-19(18)31-21(25)32-20)22(35)34-6-2-3-23(34)4-7-36-8-5-23/h9-11,14H,2-8,12-13,29H2,1H3,(H,30,31,32)/t14-/m1/s1. The molecule has 2 fully saturated rings. The molecule has 1 atom stereocenters. The van der Waals surface area contributed by atoms with Crippen LogP contribution in [0.15, 0.2) is 18.2 Å². The van der Waals surface area contributed by atoms with Crippen LogP contribution in [-0.4, -0.2) is 51.1 Å². The molecule has 3 aliphatic rings. The molecule has 1 aromatic heterocycles. The maximum Gasteiger partial charge on any atom is 0.416 e. The molecule has 3 N–H and O–H groups in total. The van der Waals surface area contributed by atoms with Crippen molar-refractivity contribution in [1.82, 2.24) is 19.8 Å². The number of hydrogen-bond acceptors (Lipinski definition) is 6. The number of likely N-dealkylation sites (tertiary alicyclic amines) is 1. The summed E-state index contributed by atoms with van der Waals surface area (Å²) in [4.78, 5) is 25.9. The molecule has 0 aliphatic carbocycles. The molecule has 2 aromatic rings.